The van der Waals surface area contributed by atoms with Gasteiger partial charge in [-0.3, -0.25) is 9.69 Å². The van der Waals surface area contributed by atoms with Crippen LogP contribution in [0.25, 0.3) is 0 Å². The first-order valence-electron chi connectivity index (χ1n) is 11.3. The topological polar surface area (TPSA) is 44.8 Å². The van der Waals surface area contributed by atoms with E-state index in [1.165, 1.54) is 25.7 Å². The molecule has 0 atom stereocenters. The number of piperidine rings is 2. The van der Waals surface area contributed by atoms with Crippen molar-refractivity contribution in [2.24, 2.45) is 0 Å². The van der Waals surface area contributed by atoms with Crippen LogP contribution in [0.5, 0.6) is 5.75 Å². The summed E-state index contributed by atoms with van der Waals surface area (Å²) < 4.78 is 19.4. The Kier molecular flexibility index (Phi) is 7.03. The summed E-state index contributed by atoms with van der Waals surface area (Å²) in [6, 6.07) is 8.48. The highest BCUT2D eigenvalue weighted by molar-refractivity contribution is 5.92. The Labute approximate surface area is 173 Å². The fourth-order valence-electron chi connectivity index (χ4n) is 4.90. The zero-order valence-corrected chi connectivity index (χ0v) is 17.3. The number of alkyl halides is 1. The van der Waals surface area contributed by atoms with E-state index in [-0.39, 0.29) is 12.0 Å². The number of nitrogens with one attached hydrogen (secondary N) is 1. The maximum absolute atomic E-state index is 13.2. The number of likely N-dealkylation sites (tertiary alicyclic amines) is 2. The number of rotatable bonds is 6. The molecule has 0 radical (unpaired) electrons. The number of anilines is 1. The zero-order valence-electron chi connectivity index (χ0n) is 17.3. The molecule has 5 nitrogen and oxygen atoms in total. The lowest BCUT2D eigenvalue weighted by Gasteiger charge is -2.36. The van der Waals surface area contributed by atoms with Gasteiger partial charge in [-0.15, -0.1) is 0 Å². The Balaban J connectivity index is 1.18. The van der Waals surface area contributed by atoms with Gasteiger partial charge in [-0.25, -0.2) is 4.39 Å². The van der Waals surface area contributed by atoms with Gasteiger partial charge in [0, 0.05) is 37.9 Å². The Morgan fingerprint density at radius 3 is 2.28 bits per heavy atom. The standard InChI is InChI=1S/C23H34FN3O2/c24-18-9-13-26(14-10-18)17-23(28)25-19-5-7-21(8-6-19)29-22-11-15-27(16-12-22)20-3-1-2-4-20/h5-8,18,20,22H,1-4,9-17H2,(H,25,28). The Hall–Kier alpha value is -1.66. The SMILES string of the molecule is O=C(CN1CCC(F)CC1)Nc1ccc(OC2CCN(C3CCCC3)CC2)cc1. The van der Waals surface area contributed by atoms with E-state index in [1.54, 1.807) is 0 Å². The molecular formula is C23H34FN3O2. The van der Waals surface area contributed by atoms with Gasteiger partial charge in [0.05, 0.1) is 6.54 Å². The highest BCUT2D eigenvalue weighted by atomic mass is 19.1. The minimum absolute atomic E-state index is 0.0461. The number of ether oxygens (including phenoxy) is 1. The highest BCUT2D eigenvalue weighted by Gasteiger charge is 2.27. The molecule has 1 aliphatic carbocycles. The monoisotopic (exact) mass is 403 g/mol. The second-order valence-corrected chi connectivity index (χ2v) is 8.81. The predicted octanol–water partition coefficient (Wildman–Crippen LogP) is 3.84. The highest BCUT2D eigenvalue weighted by Crippen LogP contribution is 2.27. The van der Waals surface area contributed by atoms with Crippen molar-refractivity contribution < 1.29 is 13.9 Å². The van der Waals surface area contributed by atoms with Crippen LogP contribution >= 0.6 is 0 Å². The van der Waals surface area contributed by atoms with Gasteiger partial charge in [0.15, 0.2) is 0 Å². The summed E-state index contributed by atoms with van der Waals surface area (Å²) in [6.45, 7) is 3.92. The molecule has 3 aliphatic rings. The molecule has 29 heavy (non-hydrogen) atoms. The second-order valence-electron chi connectivity index (χ2n) is 8.81. The van der Waals surface area contributed by atoms with Crippen molar-refractivity contribution in [1.29, 1.82) is 0 Å². The smallest absolute Gasteiger partial charge is 0.238 e. The van der Waals surface area contributed by atoms with Crippen molar-refractivity contribution in [3.8, 4) is 5.75 Å². The van der Waals surface area contributed by atoms with E-state index in [9.17, 15) is 9.18 Å². The van der Waals surface area contributed by atoms with E-state index in [2.05, 4.69) is 10.2 Å². The van der Waals surface area contributed by atoms with Gasteiger partial charge in [-0.05, 0) is 62.8 Å². The number of amides is 1. The Bertz CT molecular complexity index is 647. The van der Waals surface area contributed by atoms with Crippen LogP contribution in [0.4, 0.5) is 10.1 Å². The van der Waals surface area contributed by atoms with Crippen LogP contribution in [0, 0.1) is 0 Å². The maximum atomic E-state index is 13.2. The van der Waals surface area contributed by atoms with Crippen molar-refractivity contribution in [2.75, 3.05) is 38.0 Å². The number of carbonyl (C=O) groups excluding carboxylic acids is 1. The largest absolute Gasteiger partial charge is 0.490 e. The molecule has 3 fully saturated rings. The van der Waals surface area contributed by atoms with Gasteiger partial charge in [-0.1, -0.05) is 12.8 Å². The number of nitrogens with zero attached hydrogens (tertiary/aromatic N) is 2. The lowest BCUT2D eigenvalue weighted by atomic mass is 10.0. The first-order chi connectivity index (χ1) is 14.2. The molecule has 1 N–H and O–H groups in total. The molecule has 1 saturated carbocycles. The maximum Gasteiger partial charge on any atom is 0.238 e. The van der Waals surface area contributed by atoms with E-state index in [4.69, 9.17) is 4.74 Å². The van der Waals surface area contributed by atoms with E-state index in [0.717, 1.165) is 43.4 Å². The van der Waals surface area contributed by atoms with Crippen molar-refractivity contribution in [3.05, 3.63) is 24.3 Å². The van der Waals surface area contributed by atoms with Crippen LogP contribution in [-0.4, -0.2) is 66.7 Å². The molecule has 2 saturated heterocycles. The fourth-order valence-corrected chi connectivity index (χ4v) is 4.90. The molecule has 160 valence electrons. The third-order valence-corrected chi connectivity index (χ3v) is 6.64. The van der Waals surface area contributed by atoms with Crippen molar-refractivity contribution in [3.63, 3.8) is 0 Å². The van der Waals surface area contributed by atoms with Crippen LogP contribution in [0.1, 0.15) is 51.4 Å². The number of hydrogen-bond acceptors (Lipinski definition) is 4. The summed E-state index contributed by atoms with van der Waals surface area (Å²) in [5.41, 5.74) is 0.777. The van der Waals surface area contributed by atoms with E-state index in [1.807, 2.05) is 29.2 Å². The van der Waals surface area contributed by atoms with Crippen molar-refractivity contribution in [2.45, 2.75) is 69.7 Å². The summed E-state index contributed by atoms with van der Waals surface area (Å²) in [5.74, 6) is 0.822. The molecule has 1 aromatic carbocycles. The summed E-state index contributed by atoms with van der Waals surface area (Å²) in [6.07, 6.45) is 8.32. The molecule has 2 aliphatic heterocycles. The van der Waals surface area contributed by atoms with Crippen LogP contribution in [0.15, 0.2) is 24.3 Å². The first-order valence-corrected chi connectivity index (χ1v) is 11.3. The van der Waals surface area contributed by atoms with E-state index in [0.29, 0.717) is 32.5 Å². The quantitative estimate of drug-likeness (QED) is 0.784. The Morgan fingerprint density at radius 1 is 0.966 bits per heavy atom. The van der Waals surface area contributed by atoms with Crippen LogP contribution in [0.2, 0.25) is 0 Å². The third kappa shape index (κ3) is 5.92. The Morgan fingerprint density at radius 2 is 1.62 bits per heavy atom. The van der Waals surface area contributed by atoms with E-state index < -0.39 is 6.17 Å². The normalized spacial score (nSPS) is 23.3. The lowest BCUT2D eigenvalue weighted by molar-refractivity contribution is -0.117. The number of hydrogen-bond donors (Lipinski definition) is 1. The molecular weight excluding hydrogens is 369 g/mol. The molecule has 0 bridgehead atoms. The summed E-state index contributed by atoms with van der Waals surface area (Å²) in [7, 11) is 0. The fraction of sp³-hybridized carbons (Fsp3) is 0.696. The molecule has 1 amide bonds. The molecule has 2 heterocycles. The van der Waals surface area contributed by atoms with E-state index >= 15 is 0 Å². The van der Waals surface area contributed by atoms with Crippen molar-refractivity contribution >= 4 is 11.6 Å². The van der Waals surface area contributed by atoms with Gasteiger partial charge in [0.1, 0.15) is 18.0 Å². The van der Waals surface area contributed by atoms with Crippen LogP contribution < -0.4 is 10.1 Å². The van der Waals surface area contributed by atoms with Crippen LogP contribution in [-0.2, 0) is 4.79 Å². The van der Waals surface area contributed by atoms with Gasteiger partial charge in [-0.2, -0.15) is 0 Å². The summed E-state index contributed by atoms with van der Waals surface area (Å²) in [5, 5.41) is 2.93. The summed E-state index contributed by atoms with van der Waals surface area (Å²) in [4.78, 5) is 16.9. The average Bonchev–Trinajstić information content (AvgIpc) is 3.27. The third-order valence-electron chi connectivity index (χ3n) is 6.64. The molecule has 4 rings (SSSR count). The van der Waals surface area contributed by atoms with Gasteiger partial charge in [0.25, 0.3) is 0 Å². The number of carbonyl (C=O) groups is 1. The van der Waals surface area contributed by atoms with Crippen molar-refractivity contribution in [1.82, 2.24) is 9.80 Å². The minimum atomic E-state index is -0.711. The van der Waals surface area contributed by atoms with Crippen LogP contribution in [0.3, 0.4) is 0 Å². The molecule has 0 spiro atoms. The molecule has 1 aromatic rings. The number of halogens is 1. The van der Waals surface area contributed by atoms with Gasteiger partial charge in [0.2, 0.25) is 5.91 Å². The molecule has 0 aromatic heterocycles. The molecule has 0 unspecified atom stereocenters. The molecule has 6 heteroatoms. The number of benzene rings is 1. The second kappa shape index (κ2) is 9.90. The minimum Gasteiger partial charge on any atom is -0.490 e. The van der Waals surface area contributed by atoms with Gasteiger partial charge >= 0.3 is 0 Å². The van der Waals surface area contributed by atoms with Gasteiger partial charge < -0.3 is 15.0 Å². The average molecular weight is 404 g/mol. The lowest BCUT2D eigenvalue weighted by Crippen LogP contribution is -2.43. The zero-order chi connectivity index (χ0) is 20.1. The predicted molar refractivity (Wildman–Crippen MR) is 113 cm³/mol. The summed E-state index contributed by atoms with van der Waals surface area (Å²) >= 11 is 0. The first kappa shape index (κ1) is 20.6.